The third kappa shape index (κ3) is 0.857. The Bertz CT molecular complexity index is 369. The molecular formula is C6H6N4O. The number of hydrogen-bond donors (Lipinski definition) is 1. The van der Waals surface area contributed by atoms with Crippen LogP contribution in [-0.4, -0.2) is 24.7 Å². The molecule has 0 saturated heterocycles. The number of fused-ring (bicyclic) bond motifs is 1. The normalized spacial score (nSPS) is 10.6. The molecule has 5 heteroatoms. The van der Waals surface area contributed by atoms with Crippen LogP contribution in [0.25, 0.3) is 5.65 Å². The van der Waals surface area contributed by atoms with Crippen molar-refractivity contribution in [2.75, 3.05) is 0 Å². The summed E-state index contributed by atoms with van der Waals surface area (Å²) in [6.07, 6.45) is 4.65. The Hall–Kier alpha value is -1.49. The number of hydrogen-bond acceptors (Lipinski definition) is 4. The number of rotatable bonds is 1. The van der Waals surface area contributed by atoms with Crippen LogP contribution in [0.4, 0.5) is 0 Å². The van der Waals surface area contributed by atoms with Crippen molar-refractivity contribution in [1.29, 1.82) is 0 Å². The molecule has 2 heterocycles. The molecule has 1 N–H and O–H groups in total. The molecule has 56 valence electrons. The Morgan fingerprint density at radius 3 is 3.09 bits per heavy atom. The summed E-state index contributed by atoms with van der Waals surface area (Å²) in [5, 5.41) is 12.7. The number of nitrogens with zero attached hydrogens (tertiary/aromatic N) is 4. The molecule has 11 heavy (non-hydrogen) atoms. The number of aliphatic hydroxyl groups is 1. The summed E-state index contributed by atoms with van der Waals surface area (Å²) in [6.45, 7) is -0.102. The second-order valence-electron chi connectivity index (χ2n) is 2.06. The Morgan fingerprint density at radius 2 is 2.27 bits per heavy atom. The average molecular weight is 150 g/mol. The quantitative estimate of drug-likeness (QED) is 0.601. The minimum absolute atomic E-state index is 0.102. The third-order valence-corrected chi connectivity index (χ3v) is 1.40. The molecule has 0 aliphatic rings. The van der Waals surface area contributed by atoms with E-state index in [0.717, 1.165) is 0 Å². The number of aromatic nitrogens is 4. The summed E-state index contributed by atoms with van der Waals surface area (Å²) >= 11 is 0. The van der Waals surface area contributed by atoms with Gasteiger partial charge < -0.3 is 5.11 Å². The molecule has 0 spiro atoms. The van der Waals surface area contributed by atoms with Gasteiger partial charge in [-0.05, 0) is 0 Å². The monoisotopic (exact) mass is 150 g/mol. The van der Waals surface area contributed by atoms with E-state index in [1.165, 1.54) is 10.8 Å². The molecular weight excluding hydrogens is 144 g/mol. The van der Waals surface area contributed by atoms with Crippen molar-refractivity contribution in [3.05, 3.63) is 24.4 Å². The minimum Gasteiger partial charge on any atom is -0.390 e. The van der Waals surface area contributed by atoms with Crippen LogP contribution < -0.4 is 0 Å². The van der Waals surface area contributed by atoms with Gasteiger partial charge in [-0.25, -0.2) is 14.5 Å². The highest BCUT2D eigenvalue weighted by atomic mass is 16.3. The van der Waals surface area contributed by atoms with Gasteiger partial charge in [0, 0.05) is 6.20 Å². The molecule has 5 nitrogen and oxygen atoms in total. The second kappa shape index (κ2) is 2.28. The van der Waals surface area contributed by atoms with Crippen molar-refractivity contribution in [2.45, 2.75) is 6.61 Å². The molecule has 0 aromatic carbocycles. The van der Waals surface area contributed by atoms with E-state index in [1.54, 1.807) is 12.4 Å². The van der Waals surface area contributed by atoms with Gasteiger partial charge in [0.1, 0.15) is 12.0 Å². The van der Waals surface area contributed by atoms with Gasteiger partial charge in [-0.15, -0.1) is 0 Å². The van der Waals surface area contributed by atoms with E-state index in [-0.39, 0.29) is 6.61 Å². The third-order valence-electron chi connectivity index (χ3n) is 1.40. The molecule has 0 bridgehead atoms. The van der Waals surface area contributed by atoms with Crippen LogP contribution in [0.2, 0.25) is 0 Å². The lowest BCUT2D eigenvalue weighted by Crippen LogP contribution is -1.92. The zero-order chi connectivity index (χ0) is 7.68. The first-order chi connectivity index (χ1) is 5.42. The van der Waals surface area contributed by atoms with Crippen molar-refractivity contribution in [1.82, 2.24) is 19.6 Å². The summed E-state index contributed by atoms with van der Waals surface area (Å²) in [7, 11) is 0. The molecule has 0 fully saturated rings. The highest BCUT2D eigenvalue weighted by Gasteiger charge is 2.02. The molecule has 0 amide bonds. The summed E-state index contributed by atoms with van der Waals surface area (Å²) in [5.74, 6) is 0. The van der Waals surface area contributed by atoms with Gasteiger partial charge in [0.05, 0.1) is 12.8 Å². The van der Waals surface area contributed by atoms with Crippen molar-refractivity contribution >= 4 is 5.65 Å². The largest absolute Gasteiger partial charge is 0.390 e. The Labute approximate surface area is 62.3 Å². The van der Waals surface area contributed by atoms with E-state index >= 15 is 0 Å². The summed E-state index contributed by atoms with van der Waals surface area (Å²) in [6, 6.07) is 0. The SMILES string of the molecule is OCc1ncn2nccnc12. The van der Waals surface area contributed by atoms with Crippen LogP contribution in [0.3, 0.4) is 0 Å². The summed E-state index contributed by atoms with van der Waals surface area (Å²) in [4.78, 5) is 7.89. The standard InChI is InChI=1S/C6H6N4O/c11-3-5-6-7-1-2-9-10(6)4-8-5/h1-2,4,11H,3H2. The second-order valence-corrected chi connectivity index (χ2v) is 2.06. The van der Waals surface area contributed by atoms with E-state index < -0.39 is 0 Å². The van der Waals surface area contributed by atoms with Crippen molar-refractivity contribution in [2.24, 2.45) is 0 Å². The maximum atomic E-state index is 8.78. The van der Waals surface area contributed by atoms with E-state index in [1.807, 2.05) is 0 Å². The Balaban J connectivity index is 2.76. The smallest absolute Gasteiger partial charge is 0.179 e. The molecule has 0 radical (unpaired) electrons. The molecule has 2 rings (SSSR count). The first-order valence-corrected chi connectivity index (χ1v) is 3.16. The summed E-state index contributed by atoms with van der Waals surface area (Å²) < 4.78 is 1.52. The van der Waals surface area contributed by atoms with Crippen molar-refractivity contribution in [3.63, 3.8) is 0 Å². The zero-order valence-electron chi connectivity index (χ0n) is 5.68. The van der Waals surface area contributed by atoms with Gasteiger partial charge in [0.25, 0.3) is 0 Å². The van der Waals surface area contributed by atoms with Gasteiger partial charge in [-0.1, -0.05) is 0 Å². The van der Waals surface area contributed by atoms with Crippen LogP contribution in [-0.2, 0) is 6.61 Å². The van der Waals surface area contributed by atoms with Crippen LogP contribution >= 0.6 is 0 Å². The number of imidazole rings is 1. The predicted octanol–water partition coefficient (Wildman–Crippen LogP) is -0.383. The van der Waals surface area contributed by atoms with Gasteiger partial charge in [0.2, 0.25) is 0 Å². The van der Waals surface area contributed by atoms with Crippen LogP contribution in [0.15, 0.2) is 18.7 Å². The molecule has 0 aliphatic heterocycles. The lowest BCUT2D eigenvalue weighted by molar-refractivity contribution is 0.278. The highest BCUT2D eigenvalue weighted by molar-refractivity contribution is 5.41. The summed E-state index contributed by atoms with van der Waals surface area (Å²) in [5.41, 5.74) is 1.16. The van der Waals surface area contributed by atoms with E-state index in [9.17, 15) is 0 Å². The maximum Gasteiger partial charge on any atom is 0.179 e. The van der Waals surface area contributed by atoms with Crippen molar-refractivity contribution < 1.29 is 5.11 Å². The van der Waals surface area contributed by atoms with Gasteiger partial charge in [0.15, 0.2) is 5.65 Å². The fourth-order valence-corrected chi connectivity index (χ4v) is 0.904. The first-order valence-electron chi connectivity index (χ1n) is 3.16. The molecule has 0 atom stereocenters. The fourth-order valence-electron chi connectivity index (χ4n) is 0.904. The molecule has 2 aromatic rings. The molecule has 0 aliphatic carbocycles. The lowest BCUT2D eigenvalue weighted by Gasteiger charge is -1.89. The topological polar surface area (TPSA) is 63.3 Å². The molecule has 2 aromatic heterocycles. The van der Waals surface area contributed by atoms with Gasteiger partial charge in [-0.2, -0.15) is 5.10 Å². The first kappa shape index (κ1) is 6.23. The maximum absolute atomic E-state index is 8.78. The van der Waals surface area contributed by atoms with E-state index in [0.29, 0.717) is 11.3 Å². The Morgan fingerprint density at radius 1 is 1.36 bits per heavy atom. The van der Waals surface area contributed by atoms with Crippen LogP contribution in [0, 0.1) is 0 Å². The van der Waals surface area contributed by atoms with Gasteiger partial charge in [-0.3, -0.25) is 0 Å². The highest BCUT2D eigenvalue weighted by Crippen LogP contribution is 2.02. The van der Waals surface area contributed by atoms with Crippen LogP contribution in [0.1, 0.15) is 5.69 Å². The minimum atomic E-state index is -0.102. The number of aliphatic hydroxyl groups excluding tert-OH is 1. The average Bonchev–Trinajstić information content (AvgIpc) is 2.47. The fraction of sp³-hybridized carbons (Fsp3) is 0.167. The predicted molar refractivity (Wildman–Crippen MR) is 36.7 cm³/mol. The molecule has 0 saturated carbocycles. The van der Waals surface area contributed by atoms with E-state index in [2.05, 4.69) is 15.1 Å². The van der Waals surface area contributed by atoms with Crippen LogP contribution in [0.5, 0.6) is 0 Å². The molecule has 0 unspecified atom stereocenters. The lowest BCUT2D eigenvalue weighted by atomic mass is 10.5. The van der Waals surface area contributed by atoms with Crippen molar-refractivity contribution in [3.8, 4) is 0 Å². The van der Waals surface area contributed by atoms with E-state index in [4.69, 9.17) is 5.11 Å². The Kier molecular flexibility index (Phi) is 1.29. The zero-order valence-corrected chi connectivity index (χ0v) is 5.68. The van der Waals surface area contributed by atoms with Gasteiger partial charge >= 0.3 is 0 Å².